The van der Waals surface area contributed by atoms with E-state index in [2.05, 4.69) is 5.32 Å². The van der Waals surface area contributed by atoms with Crippen molar-refractivity contribution in [1.29, 1.82) is 0 Å². The summed E-state index contributed by atoms with van der Waals surface area (Å²) in [5.74, 6) is -1.47. The molecule has 1 aromatic rings. The second kappa shape index (κ2) is 6.72. The molecule has 1 aliphatic rings. The van der Waals surface area contributed by atoms with Crippen LogP contribution in [0.15, 0.2) is 12.1 Å². The number of carbonyl (C=O) groups is 1. The van der Waals surface area contributed by atoms with E-state index in [-0.39, 0.29) is 17.4 Å². The quantitative estimate of drug-likeness (QED) is 0.889. The second-order valence-corrected chi connectivity index (χ2v) is 6.69. The van der Waals surface area contributed by atoms with Gasteiger partial charge in [0.2, 0.25) is 0 Å². The number of carbonyl (C=O) groups excluding carboxylic acids is 1. The highest BCUT2D eigenvalue weighted by atomic mass is 19.2. The van der Waals surface area contributed by atoms with Crippen molar-refractivity contribution in [2.24, 2.45) is 5.92 Å². The number of nitrogens with one attached hydrogen (secondary N) is 1. The van der Waals surface area contributed by atoms with Crippen LogP contribution in [0, 0.1) is 17.6 Å². The van der Waals surface area contributed by atoms with E-state index < -0.39 is 23.3 Å². The van der Waals surface area contributed by atoms with Gasteiger partial charge in [0.1, 0.15) is 11.4 Å². The van der Waals surface area contributed by atoms with E-state index in [4.69, 9.17) is 9.47 Å². The smallest absolute Gasteiger partial charge is 0.407 e. The van der Waals surface area contributed by atoms with Gasteiger partial charge in [0.15, 0.2) is 11.6 Å². The van der Waals surface area contributed by atoms with Gasteiger partial charge in [-0.05, 0) is 58.1 Å². The maximum atomic E-state index is 14.1. The van der Waals surface area contributed by atoms with Crippen molar-refractivity contribution < 1.29 is 23.0 Å². The fourth-order valence-corrected chi connectivity index (χ4v) is 2.53. The van der Waals surface area contributed by atoms with Crippen LogP contribution in [0.25, 0.3) is 0 Å². The molecule has 0 aromatic heterocycles. The summed E-state index contributed by atoms with van der Waals surface area (Å²) in [5.41, 5.74) is -0.299. The topological polar surface area (TPSA) is 47.6 Å². The Hall–Kier alpha value is -1.85. The number of hydrogen-bond acceptors (Lipinski definition) is 3. The molecule has 2 atom stereocenters. The molecule has 0 heterocycles. The standard InChI is InChI=1S/C17H23F2NO3/c1-5-22-13-7-6-12(18)15(19)14(13)11-8-10(11)9-20-16(21)23-17(2,3)4/h6-7,10-11H,5,8-9H2,1-4H3,(H,20,21). The van der Waals surface area contributed by atoms with Crippen LogP contribution in [-0.2, 0) is 4.74 Å². The first kappa shape index (κ1) is 17.5. The molecular weight excluding hydrogens is 304 g/mol. The summed E-state index contributed by atoms with van der Waals surface area (Å²) in [6.45, 7) is 7.88. The van der Waals surface area contributed by atoms with Gasteiger partial charge in [-0.1, -0.05) is 0 Å². The molecule has 1 fully saturated rings. The first-order valence-electron chi connectivity index (χ1n) is 7.80. The van der Waals surface area contributed by atoms with Gasteiger partial charge < -0.3 is 14.8 Å². The van der Waals surface area contributed by atoms with Crippen LogP contribution in [0.5, 0.6) is 5.75 Å². The summed E-state index contributed by atoms with van der Waals surface area (Å²) in [4.78, 5) is 11.6. The van der Waals surface area contributed by atoms with E-state index >= 15 is 0 Å². The van der Waals surface area contributed by atoms with Gasteiger partial charge in [0.05, 0.1) is 6.61 Å². The number of alkyl carbamates (subject to hydrolysis) is 1. The summed E-state index contributed by atoms with van der Waals surface area (Å²) >= 11 is 0. The third kappa shape index (κ3) is 4.56. The predicted molar refractivity (Wildman–Crippen MR) is 82.6 cm³/mol. The first-order chi connectivity index (χ1) is 10.7. The van der Waals surface area contributed by atoms with Gasteiger partial charge in [-0.25, -0.2) is 13.6 Å². The molecule has 23 heavy (non-hydrogen) atoms. The maximum absolute atomic E-state index is 14.1. The zero-order valence-corrected chi connectivity index (χ0v) is 13.9. The number of hydrogen-bond donors (Lipinski definition) is 1. The minimum absolute atomic E-state index is 0.0537. The Morgan fingerprint density at radius 1 is 1.35 bits per heavy atom. The summed E-state index contributed by atoms with van der Waals surface area (Å²) < 4.78 is 38.1. The normalized spacial score (nSPS) is 20.1. The fourth-order valence-electron chi connectivity index (χ4n) is 2.53. The summed E-state index contributed by atoms with van der Waals surface area (Å²) in [7, 11) is 0. The molecule has 1 N–H and O–H groups in total. The number of ether oxygens (including phenoxy) is 2. The Labute approximate surface area is 135 Å². The number of rotatable bonds is 5. The van der Waals surface area contributed by atoms with Gasteiger partial charge in [-0.3, -0.25) is 0 Å². The zero-order valence-electron chi connectivity index (χ0n) is 13.9. The van der Waals surface area contributed by atoms with Crippen LogP contribution in [0.1, 0.15) is 45.6 Å². The van der Waals surface area contributed by atoms with Crippen LogP contribution in [0.3, 0.4) is 0 Å². The lowest BCUT2D eigenvalue weighted by molar-refractivity contribution is 0.0525. The highest BCUT2D eigenvalue weighted by Crippen LogP contribution is 2.51. The van der Waals surface area contributed by atoms with Crippen molar-refractivity contribution in [2.45, 2.75) is 45.6 Å². The molecule has 1 saturated carbocycles. The van der Waals surface area contributed by atoms with Gasteiger partial charge in [0.25, 0.3) is 0 Å². The molecule has 0 radical (unpaired) electrons. The summed E-state index contributed by atoms with van der Waals surface area (Å²) in [5, 5.41) is 2.67. The molecule has 4 nitrogen and oxygen atoms in total. The molecule has 0 spiro atoms. The number of benzene rings is 1. The molecular formula is C17H23F2NO3. The maximum Gasteiger partial charge on any atom is 0.407 e. The average molecular weight is 327 g/mol. The van der Waals surface area contributed by atoms with E-state index in [1.54, 1.807) is 27.7 Å². The van der Waals surface area contributed by atoms with Crippen molar-refractivity contribution in [3.63, 3.8) is 0 Å². The monoisotopic (exact) mass is 327 g/mol. The molecule has 0 aliphatic heterocycles. The molecule has 2 unspecified atom stereocenters. The number of halogens is 2. The molecule has 1 amide bonds. The molecule has 0 bridgehead atoms. The largest absolute Gasteiger partial charge is 0.493 e. The fraction of sp³-hybridized carbons (Fsp3) is 0.588. The van der Waals surface area contributed by atoms with Crippen LogP contribution >= 0.6 is 0 Å². The molecule has 2 rings (SSSR count). The van der Waals surface area contributed by atoms with Gasteiger partial charge >= 0.3 is 6.09 Å². The van der Waals surface area contributed by atoms with Crippen molar-refractivity contribution in [3.05, 3.63) is 29.3 Å². The molecule has 1 aromatic carbocycles. The van der Waals surface area contributed by atoms with Crippen LogP contribution in [0.4, 0.5) is 13.6 Å². The van der Waals surface area contributed by atoms with Crippen LogP contribution < -0.4 is 10.1 Å². The first-order valence-corrected chi connectivity index (χ1v) is 7.80. The lowest BCUT2D eigenvalue weighted by Gasteiger charge is -2.19. The Balaban J connectivity index is 1.98. The number of amides is 1. The summed E-state index contributed by atoms with van der Waals surface area (Å²) in [6, 6.07) is 2.52. The Morgan fingerprint density at radius 2 is 2.04 bits per heavy atom. The molecule has 0 saturated heterocycles. The lowest BCUT2D eigenvalue weighted by Crippen LogP contribution is -2.33. The third-order valence-electron chi connectivity index (χ3n) is 3.59. The van der Waals surface area contributed by atoms with E-state index in [1.807, 2.05) is 0 Å². The van der Waals surface area contributed by atoms with Crippen molar-refractivity contribution >= 4 is 6.09 Å². The average Bonchev–Trinajstić information content (AvgIpc) is 3.18. The van der Waals surface area contributed by atoms with E-state index in [0.717, 1.165) is 6.07 Å². The van der Waals surface area contributed by atoms with Crippen molar-refractivity contribution in [3.8, 4) is 5.75 Å². The Morgan fingerprint density at radius 3 is 2.65 bits per heavy atom. The third-order valence-corrected chi connectivity index (χ3v) is 3.59. The molecule has 1 aliphatic carbocycles. The zero-order chi connectivity index (χ0) is 17.2. The lowest BCUT2D eigenvalue weighted by atomic mass is 10.1. The highest BCUT2D eigenvalue weighted by molar-refractivity contribution is 5.67. The minimum Gasteiger partial charge on any atom is -0.493 e. The molecule has 128 valence electrons. The SMILES string of the molecule is CCOc1ccc(F)c(F)c1C1CC1CNC(=O)OC(C)(C)C. The second-order valence-electron chi connectivity index (χ2n) is 6.69. The van der Waals surface area contributed by atoms with E-state index in [9.17, 15) is 13.6 Å². The minimum atomic E-state index is -0.880. The Bertz CT molecular complexity index is 584. The summed E-state index contributed by atoms with van der Waals surface area (Å²) in [6.07, 6.45) is 0.170. The van der Waals surface area contributed by atoms with E-state index in [1.165, 1.54) is 6.07 Å². The van der Waals surface area contributed by atoms with Crippen molar-refractivity contribution in [1.82, 2.24) is 5.32 Å². The molecule has 6 heteroatoms. The van der Waals surface area contributed by atoms with Crippen LogP contribution in [-0.4, -0.2) is 24.8 Å². The highest BCUT2D eigenvalue weighted by Gasteiger charge is 2.42. The van der Waals surface area contributed by atoms with Gasteiger partial charge in [-0.2, -0.15) is 0 Å². The van der Waals surface area contributed by atoms with Crippen molar-refractivity contribution in [2.75, 3.05) is 13.2 Å². The van der Waals surface area contributed by atoms with Gasteiger partial charge in [-0.15, -0.1) is 0 Å². The van der Waals surface area contributed by atoms with E-state index in [0.29, 0.717) is 25.3 Å². The predicted octanol–water partition coefficient (Wildman–Crippen LogP) is 3.99. The van der Waals surface area contributed by atoms with Gasteiger partial charge in [0, 0.05) is 12.1 Å². The van der Waals surface area contributed by atoms with Crippen LogP contribution in [0.2, 0.25) is 0 Å². The Kier molecular flexibility index (Phi) is 5.12.